The highest BCUT2D eigenvalue weighted by molar-refractivity contribution is 5.75. The molecule has 0 aliphatic carbocycles. The Morgan fingerprint density at radius 3 is 0.778 bits per heavy atom. The van der Waals surface area contributed by atoms with Crippen LogP contribution in [0.2, 0.25) is 0 Å². The molecule has 1 heteroatoms. The average molecular weight is 131 g/mol. The predicted octanol–water partition coefficient (Wildman–Crippen LogP) is 3.72. The number of rotatable bonds is 0. The second-order valence-corrected chi connectivity index (χ2v) is 0.707. The van der Waals surface area contributed by atoms with E-state index >= 15 is 0 Å². The maximum atomic E-state index is 2.12. The summed E-state index contributed by atoms with van der Waals surface area (Å²) in [6.45, 7) is 12.2. The van der Waals surface area contributed by atoms with Crippen LogP contribution in [0.5, 0.6) is 0 Å². The van der Waals surface area contributed by atoms with E-state index in [0.717, 1.165) is 0 Å². The third-order valence-corrected chi connectivity index (χ3v) is 0. The van der Waals surface area contributed by atoms with Gasteiger partial charge in [0, 0.05) is 8.41 Å². The molecule has 0 spiro atoms. The molecule has 0 bridgehead atoms. The van der Waals surface area contributed by atoms with E-state index in [1.807, 2.05) is 27.7 Å². The molecule has 0 aromatic rings. The molecule has 9 heavy (non-hydrogen) atoms. The molecule has 0 aromatic heterocycles. The van der Waals surface area contributed by atoms with Crippen molar-refractivity contribution in [3.63, 3.8) is 0 Å². The van der Waals surface area contributed by atoms with Gasteiger partial charge in [0.2, 0.25) is 0 Å². The molecule has 0 aromatic carbocycles. The van der Waals surface area contributed by atoms with Crippen molar-refractivity contribution < 1.29 is 0 Å². The Balaban J connectivity index is -0.00000000825. The first kappa shape index (κ1) is 35.7. The zero-order valence-electron chi connectivity index (χ0n) is 7.28. The summed E-state index contributed by atoms with van der Waals surface area (Å²) in [7, 11) is 0. The summed E-state index contributed by atoms with van der Waals surface area (Å²) in [6.07, 6.45) is 1.25. The van der Waals surface area contributed by atoms with Crippen LogP contribution in [0.4, 0.5) is 0 Å². The SMILES string of the molecule is C.CC.CC.CCC.[B]. The van der Waals surface area contributed by atoms with Crippen molar-refractivity contribution in [1.29, 1.82) is 0 Å². The van der Waals surface area contributed by atoms with Crippen LogP contribution in [0.25, 0.3) is 0 Å². The lowest BCUT2D eigenvalue weighted by atomic mass is 10.6. The smallest absolute Gasteiger partial charge is 0 e. The lowest BCUT2D eigenvalue weighted by Gasteiger charge is -1.48. The van der Waals surface area contributed by atoms with E-state index in [9.17, 15) is 0 Å². The van der Waals surface area contributed by atoms with Crippen LogP contribution >= 0.6 is 0 Å². The van der Waals surface area contributed by atoms with Gasteiger partial charge in [-0.3, -0.25) is 0 Å². The Kier molecular flexibility index (Phi) is 1410. The Bertz CT molecular complexity index is 4.53. The molecular weight excluding hydrogens is 107 g/mol. The van der Waals surface area contributed by atoms with Gasteiger partial charge >= 0.3 is 0 Å². The molecule has 3 radical (unpaired) electrons. The fourth-order valence-corrected chi connectivity index (χ4v) is 0. The van der Waals surface area contributed by atoms with Gasteiger partial charge in [-0.05, 0) is 0 Å². The van der Waals surface area contributed by atoms with Crippen molar-refractivity contribution in [2.24, 2.45) is 0 Å². The zero-order valence-corrected chi connectivity index (χ0v) is 7.28. The second-order valence-electron chi connectivity index (χ2n) is 0.707. The third kappa shape index (κ3) is 70400. The fraction of sp³-hybridized carbons (Fsp3) is 1.00. The quantitative estimate of drug-likeness (QED) is 0.439. The Morgan fingerprint density at radius 1 is 0.778 bits per heavy atom. The van der Waals surface area contributed by atoms with Crippen LogP contribution in [0.3, 0.4) is 0 Å². The second kappa shape index (κ2) is 355. The van der Waals surface area contributed by atoms with E-state index in [4.69, 9.17) is 0 Å². The van der Waals surface area contributed by atoms with Crippen LogP contribution in [0, 0.1) is 0 Å². The standard InChI is InChI=1S/C3H8.2C2H6.CH4.B/c1-3-2;2*1-2;;/h3H2,1-2H3;2*1-2H3;1H4;. The molecule has 0 saturated heterocycles. The van der Waals surface area contributed by atoms with E-state index in [0.29, 0.717) is 0 Å². The molecule has 0 aliphatic heterocycles. The molecule has 0 aliphatic rings. The molecule has 0 nitrogen and oxygen atoms in total. The maximum absolute atomic E-state index is 2.12. The third-order valence-electron chi connectivity index (χ3n) is 0. The van der Waals surface area contributed by atoms with Crippen molar-refractivity contribution in [2.75, 3.05) is 0 Å². The van der Waals surface area contributed by atoms with Gasteiger partial charge in [-0.15, -0.1) is 0 Å². The van der Waals surface area contributed by atoms with E-state index in [1.54, 1.807) is 0 Å². The molecule has 0 amide bonds. The topological polar surface area (TPSA) is 0 Å². The first-order valence-electron chi connectivity index (χ1n) is 3.41. The summed E-state index contributed by atoms with van der Waals surface area (Å²) in [6, 6.07) is 0. The number of hydrogen-bond acceptors (Lipinski definition) is 0. The normalized spacial score (nSPS) is 3.33. The minimum atomic E-state index is 0. The molecular formula is C8H24B. The van der Waals surface area contributed by atoms with Gasteiger partial charge < -0.3 is 0 Å². The Hall–Kier alpha value is 0.0649. The average Bonchev–Trinajstić information content (AvgIpc) is 1.78. The molecule has 0 saturated carbocycles. The summed E-state index contributed by atoms with van der Waals surface area (Å²) >= 11 is 0. The summed E-state index contributed by atoms with van der Waals surface area (Å²) in [5.74, 6) is 0. The molecule has 0 fully saturated rings. The van der Waals surface area contributed by atoms with Gasteiger partial charge in [0.25, 0.3) is 0 Å². The molecule has 0 unspecified atom stereocenters. The van der Waals surface area contributed by atoms with E-state index < -0.39 is 0 Å². The summed E-state index contributed by atoms with van der Waals surface area (Å²) < 4.78 is 0. The van der Waals surface area contributed by atoms with Gasteiger partial charge in [0.1, 0.15) is 0 Å². The van der Waals surface area contributed by atoms with Gasteiger partial charge in [-0.2, -0.15) is 0 Å². The largest absolute Gasteiger partial charge is 0.0776 e. The zero-order chi connectivity index (χ0) is 6.71. The molecule has 0 N–H and O–H groups in total. The lowest BCUT2D eigenvalue weighted by molar-refractivity contribution is 1.09. The highest BCUT2D eigenvalue weighted by Crippen LogP contribution is 1.56. The molecule has 0 heterocycles. The van der Waals surface area contributed by atoms with Crippen LogP contribution < -0.4 is 0 Å². The van der Waals surface area contributed by atoms with Crippen molar-refractivity contribution in [3.05, 3.63) is 0 Å². The van der Waals surface area contributed by atoms with Crippen molar-refractivity contribution >= 4 is 8.41 Å². The highest BCUT2D eigenvalue weighted by atomic mass is 13.4. The van der Waals surface area contributed by atoms with Crippen LogP contribution in [0.1, 0.15) is 55.4 Å². The van der Waals surface area contributed by atoms with E-state index in [2.05, 4.69) is 13.8 Å². The molecule has 0 atom stereocenters. The van der Waals surface area contributed by atoms with Crippen molar-refractivity contribution in [2.45, 2.75) is 55.4 Å². The Labute approximate surface area is 64.6 Å². The first-order valence-corrected chi connectivity index (χ1v) is 3.41. The van der Waals surface area contributed by atoms with Gasteiger partial charge in [-0.1, -0.05) is 55.4 Å². The van der Waals surface area contributed by atoms with Gasteiger partial charge in [0.05, 0.1) is 0 Å². The fourth-order valence-electron chi connectivity index (χ4n) is 0. The maximum Gasteiger partial charge on any atom is 0 e. The van der Waals surface area contributed by atoms with E-state index in [-0.39, 0.29) is 15.8 Å². The lowest BCUT2D eigenvalue weighted by Crippen LogP contribution is -1.27. The summed E-state index contributed by atoms with van der Waals surface area (Å²) in [4.78, 5) is 0. The first-order chi connectivity index (χ1) is 3.41. The van der Waals surface area contributed by atoms with Crippen LogP contribution in [0.15, 0.2) is 0 Å². The van der Waals surface area contributed by atoms with Crippen molar-refractivity contribution in [1.82, 2.24) is 0 Å². The van der Waals surface area contributed by atoms with Gasteiger partial charge in [0.15, 0.2) is 0 Å². The van der Waals surface area contributed by atoms with Crippen molar-refractivity contribution in [3.8, 4) is 0 Å². The summed E-state index contributed by atoms with van der Waals surface area (Å²) in [5.41, 5.74) is 0. The van der Waals surface area contributed by atoms with E-state index in [1.165, 1.54) is 6.42 Å². The molecule has 59 valence electrons. The predicted molar refractivity (Wildman–Crippen MR) is 51.1 cm³/mol. The monoisotopic (exact) mass is 131 g/mol. The summed E-state index contributed by atoms with van der Waals surface area (Å²) in [5, 5.41) is 0. The molecule has 0 rings (SSSR count). The number of hydrogen-bond donors (Lipinski definition) is 0. The Morgan fingerprint density at radius 2 is 0.778 bits per heavy atom. The minimum Gasteiger partial charge on any atom is -0.0776 e. The van der Waals surface area contributed by atoms with Gasteiger partial charge in [-0.25, -0.2) is 0 Å². The highest BCUT2D eigenvalue weighted by Gasteiger charge is 1.35. The van der Waals surface area contributed by atoms with Crippen LogP contribution in [-0.2, 0) is 0 Å². The van der Waals surface area contributed by atoms with Crippen LogP contribution in [-0.4, -0.2) is 8.41 Å². The minimum absolute atomic E-state index is 0.